The maximum absolute atomic E-state index is 15.0. The lowest BCUT2D eigenvalue weighted by atomic mass is 9.48. The van der Waals surface area contributed by atoms with Gasteiger partial charge in [-0.3, -0.25) is 0 Å². The van der Waals surface area contributed by atoms with E-state index in [1.165, 1.54) is 0 Å². The number of aromatic carboxylic acids is 1. The molecule has 0 spiro atoms. The molecule has 1 aromatic rings. The van der Waals surface area contributed by atoms with Gasteiger partial charge in [0.25, 0.3) is 0 Å². The van der Waals surface area contributed by atoms with Crippen LogP contribution in [0.5, 0.6) is 0 Å². The highest BCUT2D eigenvalue weighted by atomic mass is 19.4. The average Bonchev–Trinajstić information content (AvgIpc) is 2.40. The zero-order chi connectivity index (χ0) is 19.9. The molecule has 6 nitrogen and oxygen atoms in total. The monoisotopic (exact) mass is 393 g/mol. The molecule has 3 N–H and O–H groups in total. The van der Waals surface area contributed by atoms with E-state index < -0.39 is 51.8 Å². The van der Waals surface area contributed by atoms with E-state index in [9.17, 15) is 23.1 Å². The Morgan fingerprint density at radius 2 is 1.67 bits per heavy atom. The second-order valence-electron chi connectivity index (χ2n) is 8.25. The first-order valence-electron chi connectivity index (χ1n) is 8.31. The third-order valence-corrected chi connectivity index (χ3v) is 5.57. The number of hydrogen-bond donors (Lipinski definition) is 3. The van der Waals surface area contributed by atoms with Gasteiger partial charge in [-0.05, 0) is 6.42 Å². The number of anilines is 1. The fourth-order valence-electron chi connectivity index (χ4n) is 5.52. The van der Waals surface area contributed by atoms with E-state index in [0.29, 0.717) is 6.20 Å². The van der Waals surface area contributed by atoms with Crippen LogP contribution in [0, 0.1) is 0 Å². The summed E-state index contributed by atoms with van der Waals surface area (Å²) in [7, 11) is 0. The molecule has 4 saturated carbocycles. The number of aromatic nitrogens is 2. The number of carbonyl (C=O) groups is 1. The Morgan fingerprint density at radius 3 is 2.15 bits per heavy atom. The van der Waals surface area contributed by atoms with E-state index >= 15 is 8.78 Å². The Morgan fingerprint density at radius 1 is 1.07 bits per heavy atom. The lowest BCUT2D eigenvalue weighted by Crippen LogP contribution is -2.71. The lowest BCUT2D eigenvalue weighted by molar-refractivity contribution is -0.211. The van der Waals surface area contributed by atoms with Crippen molar-refractivity contribution < 1.29 is 37.0 Å². The summed E-state index contributed by atoms with van der Waals surface area (Å²) >= 11 is 0. The standard InChI is InChI=1S/C16H16F5N3O3/c17-12-2-13(18)4-14(3-12,7-15(27,5-12)6-13)24-11-22-1-8(10(25)26)9(23-11)16(19,20)21/h1,27H,2-7H2,(H,25,26)(H,22,23,24). The summed E-state index contributed by atoms with van der Waals surface area (Å²) in [6.45, 7) is 0. The fraction of sp³-hybridized carbons (Fsp3) is 0.688. The van der Waals surface area contributed by atoms with Gasteiger partial charge >= 0.3 is 12.1 Å². The van der Waals surface area contributed by atoms with Crippen LogP contribution in [0.15, 0.2) is 6.20 Å². The number of rotatable bonds is 3. The maximum Gasteiger partial charge on any atom is 0.434 e. The first-order chi connectivity index (χ1) is 12.2. The quantitative estimate of drug-likeness (QED) is 0.684. The number of halogens is 5. The molecule has 5 rings (SSSR count). The Kier molecular flexibility index (Phi) is 3.44. The third kappa shape index (κ3) is 3.01. The van der Waals surface area contributed by atoms with Gasteiger partial charge in [-0.1, -0.05) is 0 Å². The van der Waals surface area contributed by atoms with E-state index in [0.717, 1.165) is 0 Å². The molecule has 0 saturated heterocycles. The van der Waals surface area contributed by atoms with Crippen LogP contribution in [-0.2, 0) is 6.18 Å². The lowest BCUT2D eigenvalue weighted by Gasteiger charge is -2.64. The molecule has 4 aliphatic carbocycles. The van der Waals surface area contributed by atoms with Crippen molar-refractivity contribution in [3.63, 3.8) is 0 Å². The van der Waals surface area contributed by atoms with E-state index in [1.807, 2.05) is 0 Å². The number of alkyl halides is 5. The van der Waals surface area contributed by atoms with Gasteiger partial charge in [-0.15, -0.1) is 0 Å². The summed E-state index contributed by atoms with van der Waals surface area (Å²) in [6, 6.07) is 0. The van der Waals surface area contributed by atoms with Gasteiger partial charge in [0, 0.05) is 43.8 Å². The van der Waals surface area contributed by atoms with Crippen LogP contribution in [0.25, 0.3) is 0 Å². The van der Waals surface area contributed by atoms with Crippen LogP contribution < -0.4 is 5.32 Å². The highest BCUT2D eigenvalue weighted by Crippen LogP contribution is 2.64. The number of hydrogen-bond acceptors (Lipinski definition) is 5. The van der Waals surface area contributed by atoms with Crippen molar-refractivity contribution in [1.82, 2.24) is 9.97 Å². The van der Waals surface area contributed by atoms with Crippen LogP contribution in [0.3, 0.4) is 0 Å². The van der Waals surface area contributed by atoms with Gasteiger partial charge < -0.3 is 15.5 Å². The summed E-state index contributed by atoms with van der Waals surface area (Å²) in [4.78, 5) is 17.8. The van der Waals surface area contributed by atoms with E-state index in [1.54, 1.807) is 0 Å². The van der Waals surface area contributed by atoms with Gasteiger partial charge in [-0.2, -0.15) is 13.2 Å². The number of carboxylic acids is 1. The second kappa shape index (κ2) is 5.06. The van der Waals surface area contributed by atoms with E-state index in [-0.39, 0.29) is 38.5 Å². The number of nitrogens with one attached hydrogen (secondary N) is 1. The Balaban J connectivity index is 1.71. The van der Waals surface area contributed by atoms with Crippen molar-refractivity contribution in [2.24, 2.45) is 0 Å². The van der Waals surface area contributed by atoms with Crippen molar-refractivity contribution in [1.29, 1.82) is 0 Å². The van der Waals surface area contributed by atoms with Gasteiger partial charge in [0.15, 0.2) is 5.69 Å². The Labute approximate surface area is 149 Å². The van der Waals surface area contributed by atoms with Crippen LogP contribution >= 0.6 is 0 Å². The molecule has 0 radical (unpaired) electrons. The molecule has 148 valence electrons. The smallest absolute Gasteiger partial charge is 0.434 e. The normalized spacial score (nSPS) is 40.2. The van der Waals surface area contributed by atoms with Crippen molar-refractivity contribution >= 4 is 11.9 Å². The molecular weight excluding hydrogens is 377 g/mol. The van der Waals surface area contributed by atoms with Crippen molar-refractivity contribution in [2.45, 2.75) is 67.2 Å². The molecule has 2 unspecified atom stereocenters. The molecule has 1 heterocycles. The predicted octanol–water partition coefficient (Wildman–Crippen LogP) is 2.87. The maximum atomic E-state index is 15.0. The molecular formula is C16H16F5N3O3. The molecule has 4 aliphatic rings. The Hall–Kier alpha value is -2.04. The van der Waals surface area contributed by atoms with Crippen LogP contribution in [-0.4, -0.2) is 48.6 Å². The number of carboxylic acid groups (broad SMARTS) is 1. The Bertz CT molecular complexity index is 776. The van der Waals surface area contributed by atoms with Crippen molar-refractivity contribution in [3.05, 3.63) is 17.5 Å². The van der Waals surface area contributed by atoms with Crippen LogP contribution in [0.4, 0.5) is 27.9 Å². The summed E-state index contributed by atoms with van der Waals surface area (Å²) < 4.78 is 69.4. The highest BCUT2D eigenvalue weighted by Gasteiger charge is 2.69. The minimum Gasteiger partial charge on any atom is -0.478 e. The topological polar surface area (TPSA) is 95.3 Å². The molecule has 0 aliphatic heterocycles. The minimum absolute atomic E-state index is 0.0528. The van der Waals surface area contributed by atoms with Crippen molar-refractivity contribution in [3.8, 4) is 0 Å². The van der Waals surface area contributed by atoms with Gasteiger partial charge in [-0.25, -0.2) is 23.5 Å². The van der Waals surface area contributed by atoms with E-state index in [4.69, 9.17) is 5.11 Å². The first-order valence-corrected chi connectivity index (χ1v) is 8.31. The summed E-state index contributed by atoms with van der Waals surface area (Å²) in [6.07, 6.45) is -5.79. The molecule has 27 heavy (non-hydrogen) atoms. The van der Waals surface area contributed by atoms with E-state index in [2.05, 4.69) is 15.3 Å². The number of aliphatic hydroxyl groups is 1. The zero-order valence-corrected chi connectivity index (χ0v) is 13.9. The van der Waals surface area contributed by atoms with Gasteiger partial charge in [0.2, 0.25) is 5.95 Å². The van der Waals surface area contributed by atoms with Crippen molar-refractivity contribution in [2.75, 3.05) is 5.32 Å². The molecule has 1 aromatic heterocycles. The SMILES string of the molecule is O=C(O)c1cnc(NC23CC4(O)CC(F)(CC(F)(C4)C2)C3)nc1C(F)(F)F. The molecule has 0 aromatic carbocycles. The minimum atomic E-state index is -5.05. The molecule has 4 bridgehead atoms. The van der Waals surface area contributed by atoms with Gasteiger partial charge in [0.1, 0.15) is 16.9 Å². The zero-order valence-electron chi connectivity index (χ0n) is 13.9. The van der Waals surface area contributed by atoms with Crippen LogP contribution in [0.2, 0.25) is 0 Å². The number of nitrogens with zero attached hydrogens (tertiary/aromatic N) is 2. The van der Waals surface area contributed by atoms with Crippen LogP contribution in [0.1, 0.15) is 54.6 Å². The summed E-state index contributed by atoms with van der Waals surface area (Å²) in [5.74, 6) is -2.42. The summed E-state index contributed by atoms with van der Waals surface area (Å²) in [5, 5.41) is 22.0. The molecule has 0 amide bonds. The molecule has 11 heteroatoms. The second-order valence-corrected chi connectivity index (χ2v) is 8.25. The molecule has 2 atom stereocenters. The summed E-state index contributed by atoms with van der Waals surface area (Å²) in [5.41, 5.74) is -9.67. The molecule has 4 fully saturated rings. The first kappa shape index (κ1) is 18.3. The fourth-order valence-corrected chi connectivity index (χ4v) is 5.52. The average molecular weight is 393 g/mol. The largest absolute Gasteiger partial charge is 0.478 e. The third-order valence-electron chi connectivity index (χ3n) is 5.57. The predicted molar refractivity (Wildman–Crippen MR) is 80.7 cm³/mol. The van der Waals surface area contributed by atoms with Gasteiger partial charge in [0.05, 0.1) is 5.60 Å². The highest BCUT2D eigenvalue weighted by molar-refractivity contribution is 5.88.